The minimum atomic E-state index is -0.339. The Morgan fingerprint density at radius 3 is 1.90 bits per heavy atom. The molecule has 1 unspecified atom stereocenters. The van der Waals surface area contributed by atoms with Crippen molar-refractivity contribution in [2.75, 3.05) is 33.8 Å². The van der Waals surface area contributed by atoms with Crippen LogP contribution >= 0.6 is 23.1 Å². The van der Waals surface area contributed by atoms with Gasteiger partial charge in [-0.05, 0) is 48.2 Å². The van der Waals surface area contributed by atoms with E-state index in [4.69, 9.17) is 30.1 Å². The summed E-state index contributed by atoms with van der Waals surface area (Å²) in [5, 5.41) is 22.6. The number of carbonyl (C=O) groups excluding carboxylic acids is 2. The van der Waals surface area contributed by atoms with Crippen molar-refractivity contribution in [1.29, 1.82) is 5.41 Å². The number of anilines is 1. The summed E-state index contributed by atoms with van der Waals surface area (Å²) in [6.07, 6.45) is 3.18. The number of ether oxygens (including phenoxy) is 4. The standard InChI is InChI=1S/C28H36N6O6S2/c1-37-19-9-17(10-20(15-19)38-2)13-24(35)31-27(30)41-23(29)7-5-6-8-26-33-34-28(42-26)32-25(36)14-18-11-21(39-3)16-22(12-18)40-4/h9-12,15-16,23H,5-8,13-14,29H2,1-4H3,(H2,30,31,35)(H,32,34,36). The van der Waals surface area contributed by atoms with Crippen LogP contribution in [-0.2, 0) is 28.9 Å². The second-order valence-electron chi connectivity index (χ2n) is 9.12. The van der Waals surface area contributed by atoms with Crippen molar-refractivity contribution in [2.45, 2.75) is 43.9 Å². The quantitative estimate of drug-likeness (QED) is 0.0853. The van der Waals surface area contributed by atoms with Gasteiger partial charge in [0.05, 0.1) is 46.7 Å². The number of methoxy groups -OCH3 is 4. The molecule has 3 rings (SSSR count). The number of nitrogens with one attached hydrogen (secondary N) is 3. The molecule has 0 spiro atoms. The lowest BCUT2D eigenvalue weighted by molar-refractivity contribution is -0.119. The molecule has 1 heterocycles. The van der Waals surface area contributed by atoms with Crippen LogP contribution in [-0.4, -0.2) is 61.0 Å². The monoisotopic (exact) mass is 616 g/mol. The molecule has 0 radical (unpaired) electrons. The van der Waals surface area contributed by atoms with Gasteiger partial charge in [-0.15, -0.1) is 10.2 Å². The maximum Gasteiger partial charge on any atom is 0.230 e. The van der Waals surface area contributed by atoms with Crippen LogP contribution < -0.4 is 35.3 Å². The number of hydrogen-bond donors (Lipinski definition) is 4. The van der Waals surface area contributed by atoms with Gasteiger partial charge in [-0.2, -0.15) is 0 Å². The molecule has 0 aliphatic rings. The number of hydrogen-bond acceptors (Lipinski definition) is 12. The summed E-state index contributed by atoms with van der Waals surface area (Å²) >= 11 is 2.44. The number of amides is 2. The van der Waals surface area contributed by atoms with Crippen LogP contribution in [0.2, 0.25) is 0 Å². The Hall–Kier alpha value is -3.88. The SMILES string of the molecule is COc1cc(CC(=O)NC(=N)SC(N)CCCCc2nnc(NC(=O)Cc3cc(OC)cc(OC)c3)s2)cc(OC)c1. The van der Waals surface area contributed by atoms with E-state index in [0.717, 1.165) is 35.2 Å². The summed E-state index contributed by atoms with van der Waals surface area (Å²) in [7, 11) is 6.20. The molecule has 3 aromatic rings. The predicted molar refractivity (Wildman–Crippen MR) is 164 cm³/mol. The topological polar surface area (TPSA) is 171 Å². The summed E-state index contributed by atoms with van der Waals surface area (Å²) < 4.78 is 21.0. The third kappa shape index (κ3) is 10.8. The van der Waals surface area contributed by atoms with Gasteiger partial charge in [0.1, 0.15) is 28.0 Å². The number of thioether (sulfide) groups is 1. The molecule has 2 amide bonds. The smallest absolute Gasteiger partial charge is 0.230 e. The number of carbonyl (C=O) groups is 2. The first kappa shape index (κ1) is 32.6. The van der Waals surface area contributed by atoms with Crippen molar-refractivity contribution in [3.05, 3.63) is 52.5 Å². The summed E-state index contributed by atoms with van der Waals surface area (Å²) in [4.78, 5) is 24.9. The molecule has 0 bridgehead atoms. The molecule has 1 aromatic heterocycles. The molecule has 14 heteroatoms. The Morgan fingerprint density at radius 2 is 1.38 bits per heavy atom. The van der Waals surface area contributed by atoms with E-state index in [-0.39, 0.29) is 35.2 Å². The van der Waals surface area contributed by atoms with Crippen LogP contribution in [0.1, 0.15) is 35.4 Å². The van der Waals surface area contributed by atoms with Gasteiger partial charge in [0.25, 0.3) is 0 Å². The zero-order valence-electron chi connectivity index (χ0n) is 24.0. The average molecular weight is 617 g/mol. The number of aryl methyl sites for hydroxylation is 1. The summed E-state index contributed by atoms with van der Waals surface area (Å²) in [6, 6.07) is 10.5. The van der Waals surface area contributed by atoms with Gasteiger partial charge in [-0.3, -0.25) is 15.0 Å². The fourth-order valence-corrected chi connectivity index (χ4v) is 5.47. The van der Waals surface area contributed by atoms with Crippen LogP contribution in [0.3, 0.4) is 0 Å². The van der Waals surface area contributed by atoms with E-state index in [1.165, 1.54) is 11.3 Å². The van der Waals surface area contributed by atoms with E-state index in [0.29, 0.717) is 46.5 Å². The molecule has 2 aromatic carbocycles. The Labute approximate surface area is 253 Å². The van der Waals surface area contributed by atoms with Gasteiger partial charge < -0.3 is 35.3 Å². The third-order valence-electron chi connectivity index (χ3n) is 5.92. The number of amidine groups is 1. The second-order valence-corrected chi connectivity index (χ2v) is 11.4. The van der Waals surface area contributed by atoms with Crippen LogP contribution in [0, 0.1) is 5.41 Å². The molecule has 0 aliphatic carbocycles. The Bertz CT molecular complexity index is 1320. The number of unbranched alkanes of at least 4 members (excludes halogenated alkanes) is 1. The summed E-state index contributed by atoms with van der Waals surface area (Å²) in [5.74, 6) is 1.86. The molecule has 42 heavy (non-hydrogen) atoms. The van der Waals surface area contributed by atoms with Crippen molar-refractivity contribution in [3.8, 4) is 23.0 Å². The first-order valence-corrected chi connectivity index (χ1v) is 14.8. The highest BCUT2D eigenvalue weighted by molar-refractivity contribution is 8.14. The van der Waals surface area contributed by atoms with E-state index < -0.39 is 0 Å². The maximum absolute atomic E-state index is 12.5. The number of benzene rings is 2. The van der Waals surface area contributed by atoms with Crippen molar-refractivity contribution >= 4 is 45.2 Å². The van der Waals surface area contributed by atoms with Gasteiger partial charge in [0, 0.05) is 18.6 Å². The molecular weight excluding hydrogens is 580 g/mol. The minimum Gasteiger partial charge on any atom is -0.497 e. The van der Waals surface area contributed by atoms with Gasteiger partial charge in [0.2, 0.25) is 16.9 Å². The average Bonchev–Trinajstić information content (AvgIpc) is 3.41. The van der Waals surface area contributed by atoms with E-state index in [9.17, 15) is 9.59 Å². The summed E-state index contributed by atoms with van der Waals surface area (Å²) in [5.41, 5.74) is 7.63. The molecule has 12 nitrogen and oxygen atoms in total. The molecule has 0 fully saturated rings. The Morgan fingerprint density at radius 1 is 0.857 bits per heavy atom. The van der Waals surface area contributed by atoms with Crippen LogP contribution in [0.15, 0.2) is 36.4 Å². The van der Waals surface area contributed by atoms with Crippen molar-refractivity contribution in [2.24, 2.45) is 5.73 Å². The Kier molecular flexibility index (Phi) is 12.8. The Balaban J connectivity index is 1.35. The molecule has 1 atom stereocenters. The first-order valence-electron chi connectivity index (χ1n) is 13.1. The summed E-state index contributed by atoms with van der Waals surface area (Å²) in [6.45, 7) is 0. The third-order valence-corrected chi connectivity index (χ3v) is 7.69. The lowest BCUT2D eigenvalue weighted by Crippen LogP contribution is -2.32. The number of nitrogens with two attached hydrogens (primary N) is 1. The maximum atomic E-state index is 12.5. The normalized spacial score (nSPS) is 11.4. The molecular formula is C28H36N6O6S2. The highest BCUT2D eigenvalue weighted by Crippen LogP contribution is 2.25. The molecule has 226 valence electrons. The molecule has 0 aliphatic heterocycles. The highest BCUT2D eigenvalue weighted by Gasteiger charge is 2.14. The van der Waals surface area contributed by atoms with E-state index in [1.807, 2.05) is 0 Å². The first-order chi connectivity index (χ1) is 20.2. The van der Waals surface area contributed by atoms with E-state index >= 15 is 0 Å². The van der Waals surface area contributed by atoms with Crippen molar-refractivity contribution < 1.29 is 28.5 Å². The van der Waals surface area contributed by atoms with Crippen molar-refractivity contribution in [3.63, 3.8) is 0 Å². The van der Waals surface area contributed by atoms with Crippen LogP contribution in [0.4, 0.5) is 5.13 Å². The van der Waals surface area contributed by atoms with Gasteiger partial charge in [-0.25, -0.2) is 0 Å². The fourth-order valence-electron chi connectivity index (χ4n) is 3.91. The van der Waals surface area contributed by atoms with Crippen LogP contribution in [0.25, 0.3) is 0 Å². The second kappa shape index (κ2) is 16.5. The van der Waals surface area contributed by atoms with E-state index in [1.54, 1.807) is 64.8 Å². The van der Waals surface area contributed by atoms with E-state index in [2.05, 4.69) is 20.8 Å². The van der Waals surface area contributed by atoms with Crippen LogP contribution in [0.5, 0.6) is 23.0 Å². The zero-order chi connectivity index (χ0) is 30.5. The fraction of sp³-hybridized carbons (Fsp3) is 0.393. The highest BCUT2D eigenvalue weighted by atomic mass is 32.2. The molecule has 0 saturated carbocycles. The lowest BCUT2D eigenvalue weighted by atomic mass is 10.1. The number of rotatable bonds is 15. The van der Waals surface area contributed by atoms with Gasteiger partial charge in [0.15, 0.2) is 5.17 Å². The largest absolute Gasteiger partial charge is 0.497 e. The number of aromatic nitrogens is 2. The minimum absolute atomic E-state index is 0.000687. The van der Waals surface area contributed by atoms with Gasteiger partial charge >= 0.3 is 0 Å². The molecule has 0 saturated heterocycles. The zero-order valence-corrected chi connectivity index (χ0v) is 25.7. The van der Waals surface area contributed by atoms with Gasteiger partial charge in [-0.1, -0.05) is 29.5 Å². The van der Waals surface area contributed by atoms with Crippen molar-refractivity contribution in [1.82, 2.24) is 15.5 Å². The predicted octanol–water partition coefficient (Wildman–Crippen LogP) is 3.78. The number of nitrogens with zero attached hydrogens (tertiary/aromatic N) is 2. The molecule has 5 N–H and O–H groups in total. The lowest BCUT2D eigenvalue weighted by Gasteiger charge is -2.13.